The molecule has 2 rings (SSSR count). The second-order valence-corrected chi connectivity index (χ2v) is 9.59. The highest BCUT2D eigenvalue weighted by Crippen LogP contribution is 2.53. The van der Waals surface area contributed by atoms with Crippen molar-refractivity contribution in [1.82, 2.24) is 5.06 Å². The number of methoxy groups -OCH3 is 1. The summed E-state index contributed by atoms with van der Waals surface area (Å²) in [5.41, 5.74) is -0.414. The van der Waals surface area contributed by atoms with Crippen molar-refractivity contribution < 1.29 is 28.6 Å². The van der Waals surface area contributed by atoms with Crippen LogP contribution < -0.4 is 0 Å². The number of non-ortho nitro benzene ring substituents is 1. The van der Waals surface area contributed by atoms with E-state index >= 15 is 0 Å². The van der Waals surface area contributed by atoms with Gasteiger partial charge in [-0.1, -0.05) is 38.8 Å². The van der Waals surface area contributed by atoms with Gasteiger partial charge in [0.2, 0.25) is 0 Å². The van der Waals surface area contributed by atoms with E-state index in [1.165, 1.54) is 30.4 Å². The topological polar surface area (TPSA) is 108 Å². The summed E-state index contributed by atoms with van der Waals surface area (Å²) < 4.78 is 24.7. The molecule has 0 aliphatic carbocycles. The summed E-state index contributed by atoms with van der Waals surface area (Å²) in [6.07, 6.45) is 2.64. The van der Waals surface area contributed by atoms with Crippen LogP contribution in [0.15, 0.2) is 46.5 Å². The number of benzene rings is 1. The third-order valence-corrected chi connectivity index (χ3v) is 7.18. The number of nitro groups is 1. The van der Waals surface area contributed by atoms with Crippen molar-refractivity contribution in [3.8, 4) is 0 Å². The first-order valence-electron chi connectivity index (χ1n) is 11.9. The number of carbonyl (C=O) groups is 1. The van der Waals surface area contributed by atoms with E-state index in [4.69, 9.17) is 14.3 Å². The first kappa shape index (κ1) is 28.8. The summed E-state index contributed by atoms with van der Waals surface area (Å²) in [5, 5.41) is 13.5. The lowest BCUT2D eigenvalue weighted by Crippen LogP contribution is -2.46. The van der Waals surface area contributed by atoms with Crippen LogP contribution in [0.2, 0.25) is 0 Å². The lowest BCUT2D eigenvalue weighted by Gasteiger charge is -2.45. The maximum absolute atomic E-state index is 13.4. The number of ether oxygens (including phenoxy) is 2. The van der Waals surface area contributed by atoms with Gasteiger partial charge in [-0.15, -0.1) is 0 Å². The summed E-state index contributed by atoms with van der Waals surface area (Å²) in [5.74, 6) is -0.688. The summed E-state index contributed by atoms with van der Waals surface area (Å²) in [6, 6.07) is 5.92. The average molecular weight is 509 g/mol. The van der Waals surface area contributed by atoms with E-state index in [0.717, 1.165) is 19.3 Å². The molecule has 1 aromatic carbocycles. The minimum atomic E-state index is -1.63. The fourth-order valence-corrected chi connectivity index (χ4v) is 5.39. The van der Waals surface area contributed by atoms with Gasteiger partial charge in [0, 0.05) is 23.0 Å². The number of rotatable bonds is 12. The molecule has 0 N–H and O–H groups in total. The lowest BCUT2D eigenvalue weighted by molar-refractivity contribution is -0.385. The fraction of sp³-hybridized carbons (Fsp3) is 0.560. The van der Waals surface area contributed by atoms with Crippen molar-refractivity contribution in [2.75, 3.05) is 7.11 Å². The number of hydrogen-bond donors (Lipinski definition) is 0. The minimum Gasteiger partial charge on any atom is -0.466 e. The second-order valence-electron chi connectivity index (χ2n) is 8.77. The molecule has 4 unspecified atom stereocenters. The molecule has 1 aliphatic heterocycles. The van der Waals surface area contributed by atoms with Crippen LogP contribution in [0.4, 0.5) is 5.69 Å². The number of hydroxylamine groups is 2. The van der Waals surface area contributed by atoms with Crippen LogP contribution in [-0.2, 0) is 29.3 Å². The number of hydrogen-bond acceptors (Lipinski definition) is 8. The Bertz CT molecular complexity index is 1020. The van der Waals surface area contributed by atoms with E-state index in [9.17, 15) is 19.5 Å². The number of nitro benzene ring substituents is 1. The smallest absolute Gasteiger partial charge is 0.339 e. The zero-order valence-corrected chi connectivity index (χ0v) is 22.8. The molecule has 0 saturated carbocycles. The van der Waals surface area contributed by atoms with Crippen molar-refractivity contribution in [2.45, 2.75) is 85.0 Å². The van der Waals surface area contributed by atoms with Crippen molar-refractivity contribution in [3.05, 3.63) is 62.2 Å². The van der Waals surface area contributed by atoms with Gasteiger partial charge in [0.25, 0.3) is 5.69 Å². The Hall–Kier alpha value is -2.48. The summed E-state index contributed by atoms with van der Waals surface area (Å²) in [7, 11) is -0.357. The Morgan fingerprint density at radius 2 is 1.77 bits per heavy atom. The maximum Gasteiger partial charge on any atom is 0.339 e. The predicted octanol–water partition coefficient (Wildman–Crippen LogP) is 5.87. The van der Waals surface area contributed by atoms with Crippen LogP contribution in [0.25, 0.3) is 0 Å². The van der Waals surface area contributed by atoms with Gasteiger partial charge in [-0.2, -0.15) is 0 Å². The fourth-order valence-electron chi connectivity index (χ4n) is 4.56. The highest BCUT2D eigenvalue weighted by atomic mass is 31.1. The van der Waals surface area contributed by atoms with Crippen LogP contribution in [0, 0.1) is 10.1 Å². The standard InChI is InChI=1S/C25H37N2O7P/c1-8-11-16(3)33-25(20-13-10-14-21(15-20)27(29)30)22(24(28)32-7)18(5)26(19(6)23(25)35-31)34-17(4)12-9-2/h10,13-17H,8-9,11-12,35H2,1-7H3. The van der Waals surface area contributed by atoms with Crippen molar-refractivity contribution >= 4 is 20.1 Å². The molecule has 194 valence electrons. The molecule has 0 saturated heterocycles. The SMILES string of the molecule is CCCC(C)ON1C(C)=C([PH2]=O)C(OC(C)CCC)(c2cccc([N+](=O)[O-])c2)C(C(=O)OC)=C1C. The second kappa shape index (κ2) is 12.5. The predicted molar refractivity (Wildman–Crippen MR) is 135 cm³/mol. The Labute approximate surface area is 208 Å². The Morgan fingerprint density at radius 1 is 1.14 bits per heavy atom. The van der Waals surface area contributed by atoms with E-state index < -0.39 is 25.0 Å². The summed E-state index contributed by atoms with van der Waals surface area (Å²) in [6.45, 7) is 11.3. The highest BCUT2D eigenvalue weighted by molar-refractivity contribution is 7.29. The first-order chi connectivity index (χ1) is 16.6. The van der Waals surface area contributed by atoms with E-state index in [0.29, 0.717) is 28.7 Å². The number of nitrogens with zero attached hydrogens (tertiary/aromatic N) is 2. The molecule has 10 heteroatoms. The molecule has 0 radical (unpaired) electrons. The molecule has 0 bridgehead atoms. The van der Waals surface area contributed by atoms with Gasteiger partial charge >= 0.3 is 5.97 Å². The number of allylic oxidation sites excluding steroid dienone is 2. The molecule has 1 aromatic rings. The number of carbonyl (C=O) groups excluding carboxylic acids is 1. The molecule has 9 nitrogen and oxygen atoms in total. The van der Waals surface area contributed by atoms with Gasteiger partial charge in [0.1, 0.15) is 0 Å². The van der Waals surface area contributed by atoms with Crippen molar-refractivity contribution in [3.63, 3.8) is 0 Å². The van der Waals surface area contributed by atoms with E-state index in [1.807, 2.05) is 27.7 Å². The molecule has 0 amide bonds. The van der Waals surface area contributed by atoms with Gasteiger partial charge in [-0.3, -0.25) is 15.0 Å². The Balaban J connectivity index is 2.95. The highest BCUT2D eigenvalue weighted by Gasteiger charge is 2.52. The molecule has 35 heavy (non-hydrogen) atoms. The van der Waals surface area contributed by atoms with E-state index in [2.05, 4.69) is 0 Å². The normalized spacial score (nSPS) is 20.5. The maximum atomic E-state index is 13.4. The van der Waals surface area contributed by atoms with Gasteiger partial charge < -0.3 is 14.0 Å². The largest absolute Gasteiger partial charge is 0.466 e. The molecular weight excluding hydrogens is 471 g/mol. The summed E-state index contributed by atoms with van der Waals surface area (Å²) in [4.78, 5) is 30.6. The number of esters is 1. The Morgan fingerprint density at radius 3 is 2.31 bits per heavy atom. The van der Waals surface area contributed by atoms with Crippen LogP contribution in [0.5, 0.6) is 0 Å². The molecule has 1 aliphatic rings. The van der Waals surface area contributed by atoms with Crippen LogP contribution in [0.3, 0.4) is 0 Å². The summed E-state index contributed by atoms with van der Waals surface area (Å²) >= 11 is 0. The lowest BCUT2D eigenvalue weighted by atomic mass is 9.80. The molecule has 0 spiro atoms. The molecular formula is C25H37N2O7P. The van der Waals surface area contributed by atoms with Crippen LogP contribution >= 0.6 is 8.46 Å². The molecule has 0 fully saturated rings. The van der Waals surface area contributed by atoms with Crippen LogP contribution in [0.1, 0.15) is 72.8 Å². The van der Waals surface area contributed by atoms with E-state index in [1.54, 1.807) is 19.9 Å². The van der Waals surface area contributed by atoms with Crippen molar-refractivity contribution in [1.29, 1.82) is 0 Å². The van der Waals surface area contributed by atoms with Gasteiger partial charge in [0.05, 0.1) is 49.7 Å². The van der Waals surface area contributed by atoms with Gasteiger partial charge in [0.15, 0.2) is 5.60 Å². The Kier molecular flexibility index (Phi) is 10.2. The third-order valence-electron chi connectivity index (χ3n) is 6.12. The zero-order valence-electron chi connectivity index (χ0n) is 21.6. The minimum absolute atomic E-state index is 0.0936. The first-order valence-corrected chi connectivity index (χ1v) is 13.0. The van der Waals surface area contributed by atoms with Crippen molar-refractivity contribution in [2.24, 2.45) is 0 Å². The third kappa shape index (κ3) is 5.85. The molecule has 4 atom stereocenters. The van der Waals surface area contributed by atoms with E-state index in [-0.39, 0.29) is 23.5 Å². The van der Waals surface area contributed by atoms with Gasteiger partial charge in [-0.25, -0.2) is 9.86 Å². The quantitative estimate of drug-likeness (QED) is 0.149. The molecule has 0 aromatic heterocycles. The zero-order chi connectivity index (χ0) is 26.3. The monoisotopic (exact) mass is 508 g/mol. The van der Waals surface area contributed by atoms with Gasteiger partial charge in [-0.05, 0) is 40.5 Å². The van der Waals surface area contributed by atoms with Crippen LogP contribution in [-0.4, -0.2) is 35.3 Å². The molecule has 1 heterocycles. The average Bonchev–Trinajstić information content (AvgIpc) is 2.82.